The summed E-state index contributed by atoms with van der Waals surface area (Å²) >= 11 is 0. The molecule has 0 saturated heterocycles. The van der Waals surface area contributed by atoms with Crippen molar-refractivity contribution in [1.29, 1.82) is 0 Å². The maximum absolute atomic E-state index is 11.4. The molecule has 0 heterocycles. The van der Waals surface area contributed by atoms with E-state index in [-0.39, 0.29) is 18.2 Å². The fraction of sp³-hybridized carbons (Fsp3) is 0.333. The summed E-state index contributed by atoms with van der Waals surface area (Å²) in [5.41, 5.74) is 8.94. The van der Waals surface area contributed by atoms with Crippen LogP contribution in [0.4, 0.5) is 0 Å². The van der Waals surface area contributed by atoms with Crippen molar-refractivity contribution in [2.75, 3.05) is 13.7 Å². The Balaban J connectivity index is 0.00000137. The monoisotopic (exact) mass is 252 g/mol. The SMILES string of the molecule is CC.COCC(=O)c1ccc(/C(N)=N/NN)cc1. The highest BCUT2D eigenvalue weighted by Crippen LogP contribution is 2.05. The summed E-state index contributed by atoms with van der Waals surface area (Å²) in [6.07, 6.45) is 0. The van der Waals surface area contributed by atoms with Crippen LogP contribution >= 0.6 is 0 Å². The molecule has 0 spiro atoms. The third kappa shape index (κ3) is 4.94. The number of rotatable bonds is 5. The molecule has 0 aromatic heterocycles. The molecule has 100 valence electrons. The van der Waals surface area contributed by atoms with Gasteiger partial charge in [-0.3, -0.25) is 4.79 Å². The van der Waals surface area contributed by atoms with Crippen molar-refractivity contribution in [3.8, 4) is 0 Å². The number of hydrogen-bond donors (Lipinski definition) is 3. The molecule has 1 rings (SSSR count). The molecule has 0 bridgehead atoms. The summed E-state index contributed by atoms with van der Waals surface area (Å²) < 4.78 is 4.75. The topological polar surface area (TPSA) is 103 Å². The second-order valence-electron chi connectivity index (χ2n) is 3.06. The molecule has 18 heavy (non-hydrogen) atoms. The van der Waals surface area contributed by atoms with Crippen molar-refractivity contribution in [2.45, 2.75) is 13.8 Å². The van der Waals surface area contributed by atoms with E-state index in [0.29, 0.717) is 11.1 Å². The van der Waals surface area contributed by atoms with Crippen LogP contribution in [0.5, 0.6) is 0 Å². The minimum Gasteiger partial charge on any atom is -0.382 e. The first-order chi connectivity index (χ1) is 8.69. The first kappa shape index (κ1) is 16.1. The molecule has 1 aromatic rings. The lowest BCUT2D eigenvalue weighted by Gasteiger charge is -2.02. The van der Waals surface area contributed by atoms with Crippen molar-refractivity contribution < 1.29 is 9.53 Å². The second-order valence-corrected chi connectivity index (χ2v) is 3.06. The molecule has 0 unspecified atom stereocenters. The quantitative estimate of drug-likeness (QED) is 0.234. The number of hydrogen-bond acceptors (Lipinski definition) is 5. The lowest BCUT2D eigenvalue weighted by Crippen LogP contribution is -2.23. The van der Waals surface area contributed by atoms with Gasteiger partial charge in [0, 0.05) is 18.2 Å². The Morgan fingerprint density at radius 3 is 2.22 bits per heavy atom. The Kier molecular flexibility index (Phi) is 8.17. The average Bonchev–Trinajstić information content (AvgIpc) is 2.42. The van der Waals surface area contributed by atoms with Crippen molar-refractivity contribution in [1.82, 2.24) is 5.53 Å². The zero-order chi connectivity index (χ0) is 14.0. The van der Waals surface area contributed by atoms with E-state index >= 15 is 0 Å². The van der Waals surface area contributed by atoms with Crippen LogP contribution in [0.1, 0.15) is 29.8 Å². The van der Waals surface area contributed by atoms with E-state index in [1.54, 1.807) is 24.3 Å². The van der Waals surface area contributed by atoms with Gasteiger partial charge >= 0.3 is 0 Å². The molecular weight excluding hydrogens is 232 g/mol. The number of hydrazine groups is 1. The van der Waals surface area contributed by atoms with Crippen molar-refractivity contribution in [3.63, 3.8) is 0 Å². The van der Waals surface area contributed by atoms with Crippen LogP contribution in [-0.2, 0) is 4.74 Å². The smallest absolute Gasteiger partial charge is 0.188 e. The average molecular weight is 252 g/mol. The van der Waals surface area contributed by atoms with E-state index in [1.807, 2.05) is 13.8 Å². The molecule has 0 fully saturated rings. The number of nitrogens with zero attached hydrogens (tertiary/aromatic N) is 1. The normalized spacial score (nSPS) is 10.3. The van der Waals surface area contributed by atoms with Gasteiger partial charge in [-0.15, -0.1) is 5.10 Å². The van der Waals surface area contributed by atoms with Crippen LogP contribution in [-0.4, -0.2) is 25.3 Å². The highest BCUT2D eigenvalue weighted by molar-refractivity contribution is 6.00. The first-order valence-corrected chi connectivity index (χ1v) is 5.60. The van der Waals surface area contributed by atoms with Gasteiger partial charge in [-0.25, -0.2) is 11.4 Å². The van der Waals surface area contributed by atoms with E-state index in [9.17, 15) is 4.79 Å². The van der Waals surface area contributed by atoms with Crippen molar-refractivity contribution in [3.05, 3.63) is 35.4 Å². The van der Waals surface area contributed by atoms with E-state index in [1.165, 1.54) is 7.11 Å². The Morgan fingerprint density at radius 1 is 1.28 bits per heavy atom. The fourth-order valence-corrected chi connectivity index (χ4v) is 1.18. The van der Waals surface area contributed by atoms with Crippen molar-refractivity contribution >= 4 is 11.6 Å². The number of nitrogens with one attached hydrogen (secondary N) is 1. The number of benzene rings is 1. The molecule has 1 aromatic carbocycles. The highest BCUT2D eigenvalue weighted by Gasteiger charge is 2.05. The van der Waals surface area contributed by atoms with Crippen LogP contribution < -0.4 is 17.1 Å². The summed E-state index contributed by atoms with van der Waals surface area (Å²) in [4.78, 5) is 11.4. The van der Waals surface area contributed by atoms with Gasteiger partial charge in [-0.2, -0.15) is 0 Å². The van der Waals surface area contributed by atoms with Gasteiger partial charge < -0.3 is 10.5 Å². The maximum Gasteiger partial charge on any atom is 0.188 e. The Bertz CT molecular complexity index is 388. The van der Waals surface area contributed by atoms with Gasteiger partial charge in [0.05, 0.1) is 0 Å². The largest absolute Gasteiger partial charge is 0.382 e. The van der Waals surface area contributed by atoms with Gasteiger partial charge in [0.2, 0.25) is 0 Å². The van der Waals surface area contributed by atoms with E-state index in [0.717, 1.165) is 0 Å². The summed E-state index contributed by atoms with van der Waals surface area (Å²) in [5, 5.41) is 3.62. The molecule has 0 radical (unpaired) electrons. The summed E-state index contributed by atoms with van der Waals surface area (Å²) in [6, 6.07) is 6.71. The standard InChI is InChI=1S/C10H14N4O2.C2H6/c1-16-6-9(15)7-2-4-8(5-3-7)10(11)13-14-12;1-2/h2-5,14H,6,12H2,1H3,(H2,11,13);1-2H3. The first-order valence-electron chi connectivity index (χ1n) is 5.60. The molecule has 6 heteroatoms. The zero-order valence-electron chi connectivity index (χ0n) is 10.9. The van der Waals surface area contributed by atoms with E-state index in [4.69, 9.17) is 16.3 Å². The molecule has 0 amide bonds. The highest BCUT2D eigenvalue weighted by atomic mass is 16.5. The van der Waals surface area contributed by atoms with Crippen LogP contribution in [0, 0.1) is 0 Å². The maximum atomic E-state index is 11.4. The molecule has 0 aliphatic heterocycles. The van der Waals surface area contributed by atoms with Gasteiger partial charge in [-0.1, -0.05) is 38.1 Å². The van der Waals surface area contributed by atoms with Gasteiger partial charge in [0.1, 0.15) is 6.61 Å². The van der Waals surface area contributed by atoms with Crippen molar-refractivity contribution in [2.24, 2.45) is 16.7 Å². The molecule has 6 nitrogen and oxygen atoms in total. The van der Waals surface area contributed by atoms with Gasteiger partial charge in [-0.05, 0) is 0 Å². The van der Waals surface area contributed by atoms with Crippen LogP contribution in [0.2, 0.25) is 0 Å². The number of nitrogens with two attached hydrogens (primary N) is 2. The van der Waals surface area contributed by atoms with E-state index in [2.05, 4.69) is 10.6 Å². The number of ketones is 1. The molecule has 5 N–H and O–H groups in total. The predicted molar refractivity (Wildman–Crippen MR) is 72.0 cm³/mol. The van der Waals surface area contributed by atoms with Gasteiger partial charge in [0.25, 0.3) is 0 Å². The molecule has 0 aliphatic rings. The molecule has 0 atom stereocenters. The molecule has 0 saturated carbocycles. The number of carbonyl (C=O) groups is 1. The Labute approximate surface area is 107 Å². The summed E-state index contributed by atoms with van der Waals surface area (Å²) in [6.45, 7) is 4.06. The lowest BCUT2D eigenvalue weighted by molar-refractivity contribution is 0.0848. The lowest BCUT2D eigenvalue weighted by atomic mass is 10.1. The predicted octanol–water partition coefficient (Wildman–Crippen LogP) is 0.626. The number of ether oxygens (including phenoxy) is 1. The number of Topliss-reactive ketones (excluding diaryl/α,β-unsaturated/α-hetero) is 1. The van der Waals surface area contributed by atoms with Crippen LogP contribution in [0.15, 0.2) is 29.4 Å². The number of carbonyl (C=O) groups excluding carboxylic acids is 1. The zero-order valence-corrected chi connectivity index (χ0v) is 10.9. The van der Waals surface area contributed by atoms with Crippen LogP contribution in [0.3, 0.4) is 0 Å². The number of amidine groups is 1. The minimum absolute atomic E-state index is 0.0628. The van der Waals surface area contributed by atoms with Crippen LogP contribution in [0.25, 0.3) is 0 Å². The molecular formula is C12H20N4O2. The summed E-state index contributed by atoms with van der Waals surface area (Å²) in [5.74, 6) is 5.17. The third-order valence-electron chi connectivity index (χ3n) is 1.96. The Morgan fingerprint density at radius 2 is 1.78 bits per heavy atom. The minimum atomic E-state index is -0.0819. The third-order valence-corrected chi connectivity index (χ3v) is 1.96. The summed E-state index contributed by atoms with van der Waals surface area (Å²) in [7, 11) is 1.48. The van der Waals surface area contributed by atoms with E-state index < -0.39 is 0 Å². The number of hydrazone groups is 1. The molecule has 0 aliphatic carbocycles. The Hall–Kier alpha value is -1.92. The number of methoxy groups -OCH3 is 1. The second kappa shape index (κ2) is 9.15. The fourth-order valence-electron chi connectivity index (χ4n) is 1.18. The van der Waals surface area contributed by atoms with Gasteiger partial charge in [0.15, 0.2) is 11.6 Å².